The van der Waals surface area contributed by atoms with Gasteiger partial charge in [-0.15, -0.1) is 11.8 Å². The van der Waals surface area contributed by atoms with Crippen LogP contribution in [0, 0.1) is 0 Å². The molecule has 1 aromatic rings. The van der Waals surface area contributed by atoms with Crippen LogP contribution in [0.25, 0.3) is 0 Å². The molecule has 1 fully saturated rings. The molecular weight excluding hydrogens is 313 g/mol. The Morgan fingerprint density at radius 3 is 2.59 bits per heavy atom. The van der Waals surface area contributed by atoms with Gasteiger partial charge in [-0.2, -0.15) is 13.2 Å². The molecule has 3 N–H and O–H groups in total. The Balaban J connectivity index is 2.18. The number of alkyl halides is 3. The maximum atomic E-state index is 12.7. The van der Waals surface area contributed by atoms with E-state index in [0.717, 1.165) is 49.6 Å². The fourth-order valence-corrected chi connectivity index (χ4v) is 3.27. The molecule has 1 aliphatic rings. The molecular formula is C15H19F3N2OS. The normalized spacial score (nSPS) is 22.4. The van der Waals surface area contributed by atoms with E-state index >= 15 is 0 Å². The smallest absolute Gasteiger partial charge is 0.348 e. The number of carbonyl (C=O) groups excluding carboxylic acids is 1. The van der Waals surface area contributed by atoms with E-state index in [1.807, 2.05) is 0 Å². The van der Waals surface area contributed by atoms with Crippen LogP contribution in [0.4, 0.5) is 13.2 Å². The van der Waals surface area contributed by atoms with E-state index in [0.29, 0.717) is 4.90 Å². The molecule has 3 nitrogen and oxygen atoms in total. The quantitative estimate of drug-likeness (QED) is 0.834. The third-order valence-electron chi connectivity index (χ3n) is 3.91. The maximum absolute atomic E-state index is 12.7. The molecule has 1 saturated carbocycles. The van der Waals surface area contributed by atoms with E-state index in [-0.39, 0.29) is 23.6 Å². The monoisotopic (exact) mass is 332 g/mol. The Morgan fingerprint density at radius 1 is 1.32 bits per heavy atom. The molecule has 122 valence electrons. The molecule has 0 aromatic heterocycles. The topological polar surface area (TPSA) is 55.1 Å². The SMILES string of the molecule is CSc1cc(C(F)(F)F)ccc1C(=O)N[C@@H]1CCCCC1N. The van der Waals surface area contributed by atoms with Crippen molar-refractivity contribution >= 4 is 17.7 Å². The van der Waals surface area contributed by atoms with E-state index in [9.17, 15) is 18.0 Å². The van der Waals surface area contributed by atoms with Crippen molar-refractivity contribution in [1.29, 1.82) is 0 Å². The number of thioether (sulfide) groups is 1. The van der Waals surface area contributed by atoms with E-state index < -0.39 is 11.7 Å². The van der Waals surface area contributed by atoms with Gasteiger partial charge in [-0.05, 0) is 37.3 Å². The molecule has 2 atom stereocenters. The summed E-state index contributed by atoms with van der Waals surface area (Å²) in [6.45, 7) is 0. The van der Waals surface area contributed by atoms with E-state index in [2.05, 4.69) is 5.32 Å². The molecule has 1 unspecified atom stereocenters. The van der Waals surface area contributed by atoms with Gasteiger partial charge in [0.1, 0.15) is 0 Å². The first-order valence-corrected chi connectivity index (χ1v) is 8.37. The van der Waals surface area contributed by atoms with Crippen molar-refractivity contribution in [2.75, 3.05) is 6.26 Å². The van der Waals surface area contributed by atoms with Gasteiger partial charge in [0.05, 0.1) is 11.1 Å². The summed E-state index contributed by atoms with van der Waals surface area (Å²) < 4.78 is 38.2. The zero-order chi connectivity index (χ0) is 16.3. The van der Waals surface area contributed by atoms with E-state index in [4.69, 9.17) is 5.73 Å². The highest BCUT2D eigenvalue weighted by molar-refractivity contribution is 7.98. The van der Waals surface area contributed by atoms with Crippen LogP contribution in [0.5, 0.6) is 0 Å². The lowest BCUT2D eigenvalue weighted by Gasteiger charge is -2.29. The summed E-state index contributed by atoms with van der Waals surface area (Å²) in [5, 5.41) is 2.86. The van der Waals surface area contributed by atoms with Crippen LogP contribution in [0.15, 0.2) is 23.1 Å². The van der Waals surface area contributed by atoms with Gasteiger partial charge in [0, 0.05) is 17.0 Å². The number of nitrogens with one attached hydrogen (secondary N) is 1. The minimum atomic E-state index is -4.41. The third kappa shape index (κ3) is 3.95. The fourth-order valence-electron chi connectivity index (χ4n) is 2.64. The maximum Gasteiger partial charge on any atom is 0.416 e. The van der Waals surface area contributed by atoms with Gasteiger partial charge in [-0.1, -0.05) is 12.8 Å². The number of amides is 1. The highest BCUT2D eigenvalue weighted by atomic mass is 32.2. The van der Waals surface area contributed by atoms with Gasteiger partial charge in [0.2, 0.25) is 0 Å². The molecule has 2 rings (SSSR count). The lowest BCUT2D eigenvalue weighted by atomic mass is 9.91. The molecule has 1 aliphatic carbocycles. The Labute approximate surface area is 131 Å². The van der Waals surface area contributed by atoms with Crippen LogP contribution < -0.4 is 11.1 Å². The first-order valence-electron chi connectivity index (χ1n) is 7.14. The predicted molar refractivity (Wildman–Crippen MR) is 80.9 cm³/mol. The Bertz CT molecular complexity index is 548. The van der Waals surface area contributed by atoms with Gasteiger partial charge in [-0.3, -0.25) is 4.79 Å². The fraction of sp³-hybridized carbons (Fsp3) is 0.533. The minimum absolute atomic E-state index is 0.0927. The standard InChI is InChI=1S/C15H19F3N2OS/c1-22-13-8-9(15(16,17)18)6-7-10(13)14(21)20-12-5-3-2-4-11(12)19/h6-8,11-12H,2-5,19H2,1H3,(H,20,21)/t11?,12-/m1/s1. The highest BCUT2D eigenvalue weighted by Gasteiger charge is 2.32. The number of rotatable bonds is 3. The molecule has 1 amide bonds. The van der Waals surface area contributed by atoms with Crippen molar-refractivity contribution < 1.29 is 18.0 Å². The van der Waals surface area contributed by atoms with Crippen molar-refractivity contribution in [3.63, 3.8) is 0 Å². The molecule has 0 heterocycles. The van der Waals surface area contributed by atoms with E-state index in [1.54, 1.807) is 6.26 Å². The zero-order valence-corrected chi connectivity index (χ0v) is 13.1. The van der Waals surface area contributed by atoms with E-state index in [1.165, 1.54) is 6.07 Å². The van der Waals surface area contributed by atoms with Gasteiger partial charge in [0.15, 0.2) is 0 Å². The highest BCUT2D eigenvalue weighted by Crippen LogP contribution is 2.33. The van der Waals surface area contributed by atoms with Crippen molar-refractivity contribution in [3.8, 4) is 0 Å². The summed E-state index contributed by atoms with van der Waals surface area (Å²) >= 11 is 1.12. The number of benzene rings is 1. The van der Waals surface area contributed by atoms with Crippen molar-refractivity contribution in [1.82, 2.24) is 5.32 Å². The number of carbonyl (C=O) groups is 1. The Morgan fingerprint density at radius 2 is 2.00 bits per heavy atom. The summed E-state index contributed by atoms with van der Waals surface area (Å²) in [6, 6.07) is 2.98. The molecule has 1 aromatic carbocycles. The number of nitrogens with two attached hydrogens (primary N) is 1. The van der Waals surface area contributed by atoms with Crippen LogP contribution in [-0.2, 0) is 6.18 Å². The van der Waals surface area contributed by atoms with Crippen LogP contribution in [0.3, 0.4) is 0 Å². The lowest BCUT2D eigenvalue weighted by Crippen LogP contribution is -2.49. The van der Waals surface area contributed by atoms with Crippen molar-refractivity contribution in [3.05, 3.63) is 29.3 Å². The average Bonchev–Trinajstić information content (AvgIpc) is 2.48. The molecule has 0 saturated heterocycles. The van der Waals surface area contributed by atoms with Gasteiger partial charge in [-0.25, -0.2) is 0 Å². The summed E-state index contributed by atoms with van der Waals surface area (Å²) in [5.41, 5.74) is 5.50. The van der Waals surface area contributed by atoms with Crippen LogP contribution >= 0.6 is 11.8 Å². The first kappa shape index (κ1) is 17.1. The van der Waals surface area contributed by atoms with Gasteiger partial charge >= 0.3 is 6.18 Å². The second-order valence-corrected chi connectivity index (χ2v) is 6.29. The summed E-state index contributed by atoms with van der Waals surface area (Å²) in [4.78, 5) is 12.7. The van der Waals surface area contributed by atoms with Crippen LogP contribution in [0.1, 0.15) is 41.6 Å². The first-order chi connectivity index (χ1) is 10.3. The zero-order valence-electron chi connectivity index (χ0n) is 12.2. The van der Waals surface area contributed by atoms with Crippen LogP contribution in [-0.4, -0.2) is 24.2 Å². The van der Waals surface area contributed by atoms with Gasteiger partial charge in [0.25, 0.3) is 5.91 Å². The number of hydrogen-bond acceptors (Lipinski definition) is 3. The number of halogens is 3. The molecule has 0 bridgehead atoms. The van der Waals surface area contributed by atoms with Gasteiger partial charge < -0.3 is 11.1 Å². The Kier molecular flexibility index (Phi) is 5.39. The molecule has 0 radical (unpaired) electrons. The Hall–Kier alpha value is -1.21. The predicted octanol–water partition coefficient (Wildman–Crippen LogP) is 3.43. The van der Waals surface area contributed by atoms with Crippen molar-refractivity contribution in [2.45, 2.75) is 48.8 Å². The second-order valence-electron chi connectivity index (χ2n) is 5.44. The lowest BCUT2D eigenvalue weighted by molar-refractivity contribution is -0.137. The largest absolute Gasteiger partial charge is 0.416 e. The minimum Gasteiger partial charge on any atom is -0.348 e. The number of hydrogen-bond donors (Lipinski definition) is 2. The summed E-state index contributed by atoms with van der Waals surface area (Å²) in [7, 11) is 0. The van der Waals surface area contributed by atoms with Crippen LogP contribution in [0.2, 0.25) is 0 Å². The second kappa shape index (κ2) is 6.91. The average molecular weight is 332 g/mol. The molecule has 0 spiro atoms. The molecule has 22 heavy (non-hydrogen) atoms. The summed E-state index contributed by atoms with van der Waals surface area (Å²) in [5.74, 6) is -0.361. The molecule has 0 aliphatic heterocycles. The third-order valence-corrected chi connectivity index (χ3v) is 4.69. The van der Waals surface area contributed by atoms with Crippen molar-refractivity contribution in [2.24, 2.45) is 5.73 Å². The summed E-state index contributed by atoms with van der Waals surface area (Å²) in [6.07, 6.45) is 0.949. The molecule has 7 heteroatoms.